The molecule has 3 unspecified atom stereocenters. The van der Waals surface area contributed by atoms with Crippen LogP contribution in [0.1, 0.15) is 46.0 Å². The molecule has 0 radical (unpaired) electrons. The fourth-order valence-corrected chi connectivity index (χ4v) is 2.25. The van der Waals surface area contributed by atoms with E-state index in [4.69, 9.17) is 0 Å². The van der Waals surface area contributed by atoms with Gasteiger partial charge in [-0.3, -0.25) is 0 Å². The van der Waals surface area contributed by atoms with E-state index < -0.39 is 0 Å². The Morgan fingerprint density at radius 2 is 2.14 bits per heavy atom. The van der Waals surface area contributed by atoms with Crippen molar-refractivity contribution in [2.24, 2.45) is 5.92 Å². The van der Waals surface area contributed by atoms with Gasteiger partial charge in [-0.2, -0.15) is 0 Å². The van der Waals surface area contributed by atoms with E-state index in [0.29, 0.717) is 6.04 Å². The third-order valence-electron chi connectivity index (χ3n) is 3.43. The first kappa shape index (κ1) is 12.0. The first-order valence-electron chi connectivity index (χ1n) is 6.13. The van der Waals surface area contributed by atoms with Crippen LogP contribution < -0.4 is 10.6 Å². The Kier molecular flexibility index (Phi) is 5.49. The number of rotatable bonds is 6. The highest BCUT2D eigenvalue weighted by molar-refractivity contribution is 4.78. The Morgan fingerprint density at radius 3 is 2.71 bits per heavy atom. The van der Waals surface area contributed by atoms with E-state index in [1.807, 2.05) is 7.05 Å². The van der Waals surface area contributed by atoms with Crippen LogP contribution in [0.15, 0.2) is 0 Å². The van der Waals surface area contributed by atoms with Gasteiger partial charge in [0, 0.05) is 12.1 Å². The van der Waals surface area contributed by atoms with Crippen LogP contribution in [0.3, 0.4) is 0 Å². The van der Waals surface area contributed by atoms with Crippen molar-refractivity contribution < 1.29 is 0 Å². The number of hydrogen-bond donors (Lipinski definition) is 2. The third-order valence-corrected chi connectivity index (χ3v) is 3.43. The molecule has 0 aromatic rings. The van der Waals surface area contributed by atoms with Crippen molar-refractivity contribution in [3.8, 4) is 0 Å². The highest BCUT2D eigenvalue weighted by Gasteiger charge is 2.19. The molecule has 0 aliphatic heterocycles. The van der Waals surface area contributed by atoms with Crippen molar-refractivity contribution in [1.82, 2.24) is 10.6 Å². The third kappa shape index (κ3) is 4.43. The van der Waals surface area contributed by atoms with E-state index in [1.54, 1.807) is 0 Å². The highest BCUT2D eigenvalue weighted by Crippen LogP contribution is 2.24. The smallest absolute Gasteiger partial charge is 0.00696 e. The minimum Gasteiger partial charge on any atom is -0.317 e. The Labute approximate surface area is 88.8 Å². The molecule has 1 aliphatic carbocycles. The summed E-state index contributed by atoms with van der Waals surface area (Å²) in [5.74, 6) is 0.948. The summed E-state index contributed by atoms with van der Waals surface area (Å²) in [7, 11) is 2.04. The molecule has 1 fully saturated rings. The minimum atomic E-state index is 0.666. The molecule has 0 aromatic heterocycles. The topological polar surface area (TPSA) is 24.1 Å². The summed E-state index contributed by atoms with van der Waals surface area (Å²) in [4.78, 5) is 0. The van der Waals surface area contributed by atoms with Crippen LogP contribution >= 0.6 is 0 Å². The molecule has 2 nitrogen and oxygen atoms in total. The lowest BCUT2D eigenvalue weighted by Gasteiger charge is -2.14. The molecule has 3 atom stereocenters. The average molecular weight is 198 g/mol. The van der Waals surface area contributed by atoms with Gasteiger partial charge in [-0.05, 0) is 58.5 Å². The van der Waals surface area contributed by atoms with Crippen molar-refractivity contribution in [3.05, 3.63) is 0 Å². The summed E-state index contributed by atoms with van der Waals surface area (Å²) >= 11 is 0. The molecule has 2 N–H and O–H groups in total. The zero-order chi connectivity index (χ0) is 10.4. The van der Waals surface area contributed by atoms with E-state index in [2.05, 4.69) is 24.5 Å². The van der Waals surface area contributed by atoms with Crippen LogP contribution in [0.25, 0.3) is 0 Å². The maximum Gasteiger partial charge on any atom is 0.00696 e. The first-order valence-corrected chi connectivity index (χ1v) is 6.13. The Hall–Kier alpha value is -0.0800. The summed E-state index contributed by atoms with van der Waals surface area (Å²) in [5, 5.41) is 6.94. The largest absolute Gasteiger partial charge is 0.317 e. The highest BCUT2D eigenvalue weighted by atomic mass is 14.9. The van der Waals surface area contributed by atoms with Crippen LogP contribution in [0.5, 0.6) is 0 Å². The lowest BCUT2D eigenvalue weighted by atomic mass is 10.1. The second kappa shape index (κ2) is 6.41. The lowest BCUT2D eigenvalue weighted by molar-refractivity contribution is 0.467. The minimum absolute atomic E-state index is 0.666. The maximum atomic E-state index is 3.66. The van der Waals surface area contributed by atoms with Gasteiger partial charge in [0.2, 0.25) is 0 Å². The van der Waals surface area contributed by atoms with Gasteiger partial charge in [0.15, 0.2) is 0 Å². The van der Waals surface area contributed by atoms with Gasteiger partial charge in [-0.15, -0.1) is 0 Å². The van der Waals surface area contributed by atoms with Gasteiger partial charge >= 0.3 is 0 Å². The van der Waals surface area contributed by atoms with Crippen LogP contribution in [-0.4, -0.2) is 25.7 Å². The summed E-state index contributed by atoms with van der Waals surface area (Å²) in [6.45, 7) is 5.81. The zero-order valence-corrected chi connectivity index (χ0v) is 9.97. The summed E-state index contributed by atoms with van der Waals surface area (Å²) in [6, 6.07) is 1.48. The Bertz CT molecular complexity index is 147. The second-order valence-corrected chi connectivity index (χ2v) is 4.90. The first-order chi connectivity index (χ1) is 6.72. The second-order valence-electron chi connectivity index (χ2n) is 4.90. The van der Waals surface area contributed by atoms with Crippen molar-refractivity contribution in [1.29, 1.82) is 0 Å². The van der Waals surface area contributed by atoms with Crippen molar-refractivity contribution in [2.75, 3.05) is 13.6 Å². The molecule has 84 valence electrons. The molecule has 2 heteroatoms. The average Bonchev–Trinajstić information content (AvgIpc) is 2.58. The van der Waals surface area contributed by atoms with E-state index in [0.717, 1.165) is 12.0 Å². The van der Waals surface area contributed by atoms with E-state index in [9.17, 15) is 0 Å². The maximum absolute atomic E-state index is 3.66. The van der Waals surface area contributed by atoms with Crippen LogP contribution in [-0.2, 0) is 0 Å². The molecular formula is C12H26N2. The summed E-state index contributed by atoms with van der Waals surface area (Å²) < 4.78 is 0. The van der Waals surface area contributed by atoms with E-state index >= 15 is 0 Å². The number of nitrogens with one attached hydrogen (secondary N) is 2. The summed E-state index contributed by atoms with van der Waals surface area (Å²) in [6.07, 6.45) is 6.79. The van der Waals surface area contributed by atoms with Gasteiger partial charge in [0.1, 0.15) is 0 Å². The molecule has 0 aromatic carbocycles. The Balaban J connectivity index is 1.94. The fourth-order valence-electron chi connectivity index (χ4n) is 2.25. The normalized spacial score (nSPS) is 29.4. The van der Waals surface area contributed by atoms with Gasteiger partial charge in [-0.1, -0.05) is 6.92 Å². The number of hydrogen-bond acceptors (Lipinski definition) is 2. The van der Waals surface area contributed by atoms with Gasteiger partial charge < -0.3 is 10.6 Å². The molecule has 0 heterocycles. The Morgan fingerprint density at radius 1 is 1.36 bits per heavy atom. The molecule has 0 saturated heterocycles. The predicted molar refractivity (Wildman–Crippen MR) is 62.6 cm³/mol. The molecular weight excluding hydrogens is 172 g/mol. The summed E-state index contributed by atoms with van der Waals surface area (Å²) in [5.41, 5.74) is 0. The molecule has 0 spiro atoms. The standard InChI is InChI=1S/C12H26N2/c1-10-6-7-12(9-10)14-8-4-5-11(2)13-3/h10-14H,4-9H2,1-3H3. The molecule has 1 saturated carbocycles. The molecule has 14 heavy (non-hydrogen) atoms. The lowest BCUT2D eigenvalue weighted by Crippen LogP contribution is -2.29. The fraction of sp³-hybridized carbons (Fsp3) is 1.00. The van der Waals surface area contributed by atoms with E-state index in [1.165, 1.54) is 38.6 Å². The van der Waals surface area contributed by atoms with Gasteiger partial charge in [-0.25, -0.2) is 0 Å². The SMILES string of the molecule is CNC(C)CCCNC1CCC(C)C1. The van der Waals surface area contributed by atoms with Crippen LogP contribution in [0.2, 0.25) is 0 Å². The molecule has 0 bridgehead atoms. The molecule has 0 amide bonds. The van der Waals surface area contributed by atoms with Crippen molar-refractivity contribution in [3.63, 3.8) is 0 Å². The van der Waals surface area contributed by atoms with Crippen molar-refractivity contribution in [2.45, 2.75) is 58.0 Å². The van der Waals surface area contributed by atoms with Crippen LogP contribution in [0.4, 0.5) is 0 Å². The zero-order valence-electron chi connectivity index (χ0n) is 9.97. The van der Waals surface area contributed by atoms with Crippen LogP contribution in [0, 0.1) is 5.92 Å². The van der Waals surface area contributed by atoms with Gasteiger partial charge in [0.25, 0.3) is 0 Å². The predicted octanol–water partition coefficient (Wildman–Crippen LogP) is 2.15. The quantitative estimate of drug-likeness (QED) is 0.639. The van der Waals surface area contributed by atoms with E-state index in [-0.39, 0.29) is 0 Å². The van der Waals surface area contributed by atoms with Gasteiger partial charge in [0.05, 0.1) is 0 Å². The van der Waals surface area contributed by atoms with Crippen molar-refractivity contribution >= 4 is 0 Å². The molecule has 1 aliphatic rings. The monoisotopic (exact) mass is 198 g/mol. The molecule has 1 rings (SSSR count).